The van der Waals surface area contributed by atoms with E-state index in [9.17, 15) is 9.59 Å². The number of anilines is 1. The highest BCUT2D eigenvalue weighted by Crippen LogP contribution is 2.20. The predicted molar refractivity (Wildman–Crippen MR) is 93.8 cm³/mol. The zero-order valence-corrected chi connectivity index (χ0v) is 13.5. The van der Waals surface area contributed by atoms with Crippen LogP contribution in [0.4, 0.5) is 10.5 Å². The number of urea groups is 1. The maximum absolute atomic E-state index is 12.1. The van der Waals surface area contributed by atoms with Gasteiger partial charge >= 0.3 is 6.03 Å². The number of carbonyl (C=O) groups is 2. The van der Waals surface area contributed by atoms with Crippen molar-refractivity contribution < 1.29 is 9.59 Å². The predicted octanol–water partition coefficient (Wildman–Crippen LogP) is 2.81. The van der Waals surface area contributed by atoms with Gasteiger partial charge in [-0.05, 0) is 25.0 Å². The number of para-hydroxylation sites is 1. The minimum absolute atomic E-state index is 0.0677. The molecule has 0 bridgehead atoms. The SMILES string of the molecule is O=C(CNC(=O)NC1CCCCC1)Nc1cccc2cccnc12. The Morgan fingerprint density at radius 1 is 1.08 bits per heavy atom. The van der Waals surface area contributed by atoms with Gasteiger partial charge in [0.05, 0.1) is 17.7 Å². The number of nitrogens with one attached hydrogen (secondary N) is 3. The molecule has 0 unspecified atom stereocenters. The van der Waals surface area contributed by atoms with Crippen molar-refractivity contribution in [1.29, 1.82) is 0 Å². The van der Waals surface area contributed by atoms with Gasteiger partial charge in [-0.1, -0.05) is 37.5 Å². The van der Waals surface area contributed by atoms with Crippen LogP contribution in [0.5, 0.6) is 0 Å². The van der Waals surface area contributed by atoms with E-state index in [2.05, 4.69) is 20.9 Å². The first-order valence-electron chi connectivity index (χ1n) is 8.40. The van der Waals surface area contributed by atoms with Crippen LogP contribution in [0.3, 0.4) is 0 Å². The number of hydrogen-bond donors (Lipinski definition) is 3. The molecule has 1 saturated carbocycles. The van der Waals surface area contributed by atoms with E-state index < -0.39 is 0 Å². The molecule has 1 aromatic heterocycles. The summed E-state index contributed by atoms with van der Waals surface area (Å²) in [7, 11) is 0. The summed E-state index contributed by atoms with van der Waals surface area (Å²) in [4.78, 5) is 28.2. The number of benzene rings is 1. The van der Waals surface area contributed by atoms with Gasteiger partial charge in [0.15, 0.2) is 0 Å². The summed E-state index contributed by atoms with van der Waals surface area (Å²) in [5.74, 6) is -0.271. The second kappa shape index (κ2) is 7.77. The van der Waals surface area contributed by atoms with Crippen molar-refractivity contribution in [3.05, 3.63) is 36.5 Å². The fourth-order valence-electron chi connectivity index (χ4n) is 3.04. The van der Waals surface area contributed by atoms with Gasteiger partial charge in [0.25, 0.3) is 0 Å². The molecule has 126 valence electrons. The molecule has 3 N–H and O–H groups in total. The van der Waals surface area contributed by atoms with E-state index >= 15 is 0 Å². The van der Waals surface area contributed by atoms with E-state index in [1.165, 1.54) is 6.42 Å². The molecule has 1 heterocycles. The van der Waals surface area contributed by atoms with Crippen molar-refractivity contribution in [3.8, 4) is 0 Å². The summed E-state index contributed by atoms with van der Waals surface area (Å²) < 4.78 is 0. The highest BCUT2D eigenvalue weighted by molar-refractivity contribution is 6.01. The lowest BCUT2D eigenvalue weighted by atomic mass is 9.96. The largest absolute Gasteiger partial charge is 0.335 e. The van der Waals surface area contributed by atoms with Gasteiger partial charge in [0.1, 0.15) is 0 Å². The van der Waals surface area contributed by atoms with Gasteiger partial charge in [-0.2, -0.15) is 0 Å². The Bertz CT molecular complexity index is 721. The minimum atomic E-state index is -0.284. The second-order valence-electron chi connectivity index (χ2n) is 6.09. The molecule has 3 amide bonds. The van der Waals surface area contributed by atoms with Crippen LogP contribution in [0.15, 0.2) is 36.5 Å². The van der Waals surface area contributed by atoms with Crippen molar-refractivity contribution in [2.45, 2.75) is 38.1 Å². The first-order valence-corrected chi connectivity index (χ1v) is 8.40. The van der Waals surface area contributed by atoms with E-state index in [0.29, 0.717) is 5.69 Å². The summed E-state index contributed by atoms with van der Waals surface area (Å²) in [5, 5.41) is 9.30. The molecule has 6 nitrogen and oxygen atoms in total. The molecule has 24 heavy (non-hydrogen) atoms. The standard InChI is InChI=1S/C18H22N4O2/c23-16(12-20-18(24)21-14-8-2-1-3-9-14)22-15-10-4-6-13-7-5-11-19-17(13)15/h4-7,10-11,14H,1-3,8-9,12H2,(H,22,23)(H2,20,21,24). The zero-order chi connectivity index (χ0) is 16.8. The Morgan fingerprint density at radius 3 is 2.71 bits per heavy atom. The van der Waals surface area contributed by atoms with E-state index in [-0.39, 0.29) is 24.5 Å². The molecular formula is C18H22N4O2. The number of nitrogens with zero attached hydrogens (tertiary/aromatic N) is 1. The van der Waals surface area contributed by atoms with Crippen molar-refractivity contribution >= 4 is 28.5 Å². The third-order valence-electron chi connectivity index (χ3n) is 4.26. The molecule has 6 heteroatoms. The van der Waals surface area contributed by atoms with Crippen LogP contribution in [0.1, 0.15) is 32.1 Å². The molecule has 2 aromatic rings. The Morgan fingerprint density at radius 2 is 1.88 bits per heavy atom. The normalized spacial score (nSPS) is 15.0. The first-order chi connectivity index (χ1) is 11.7. The lowest BCUT2D eigenvalue weighted by Gasteiger charge is -2.22. The molecule has 1 aliphatic rings. The number of aromatic nitrogens is 1. The second-order valence-corrected chi connectivity index (χ2v) is 6.09. The van der Waals surface area contributed by atoms with Crippen LogP contribution in [0.2, 0.25) is 0 Å². The molecule has 1 aliphatic carbocycles. The third kappa shape index (κ3) is 4.22. The highest BCUT2D eigenvalue weighted by atomic mass is 16.2. The van der Waals surface area contributed by atoms with Crippen LogP contribution in [0.25, 0.3) is 10.9 Å². The molecule has 1 fully saturated rings. The Labute approximate surface area is 141 Å². The van der Waals surface area contributed by atoms with Crippen LogP contribution in [0, 0.1) is 0 Å². The monoisotopic (exact) mass is 326 g/mol. The number of rotatable bonds is 4. The van der Waals surface area contributed by atoms with Crippen LogP contribution in [-0.2, 0) is 4.79 Å². The average molecular weight is 326 g/mol. The molecule has 0 saturated heterocycles. The van der Waals surface area contributed by atoms with Gasteiger partial charge in [0.2, 0.25) is 5.91 Å². The number of carbonyl (C=O) groups excluding carboxylic acids is 2. The lowest BCUT2D eigenvalue weighted by Crippen LogP contribution is -2.45. The zero-order valence-electron chi connectivity index (χ0n) is 13.5. The molecule has 0 spiro atoms. The molecular weight excluding hydrogens is 304 g/mol. The number of pyridine rings is 1. The summed E-state index contributed by atoms with van der Waals surface area (Å²) in [6.45, 7) is -0.0677. The van der Waals surface area contributed by atoms with Gasteiger partial charge in [-0.25, -0.2) is 4.79 Å². The summed E-state index contributed by atoms with van der Waals surface area (Å²) in [5.41, 5.74) is 1.38. The number of fused-ring (bicyclic) bond motifs is 1. The van der Waals surface area contributed by atoms with Crippen molar-refractivity contribution in [1.82, 2.24) is 15.6 Å². The third-order valence-corrected chi connectivity index (χ3v) is 4.26. The Balaban J connectivity index is 1.51. The first kappa shape index (κ1) is 16.2. The van der Waals surface area contributed by atoms with Crippen LogP contribution < -0.4 is 16.0 Å². The summed E-state index contributed by atoms with van der Waals surface area (Å²) in [6.07, 6.45) is 7.26. The number of hydrogen-bond acceptors (Lipinski definition) is 3. The average Bonchev–Trinajstić information content (AvgIpc) is 2.61. The van der Waals surface area contributed by atoms with Crippen molar-refractivity contribution in [2.24, 2.45) is 0 Å². The molecule has 1 aromatic carbocycles. The van der Waals surface area contributed by atoms with Gasteiger partial charge in [0, 0.05) is 17.6 Å². The highest BCUT2D eigenvalue weighted by Gasteiger charge is 2.16. The van der Waals surface area contributed by atoms with E-state index in [0.717, 1.165) is 36.6 Å². The lowest BCUT2D eigenvalue weighted by molar-refractivity contribution is -0.115. The smallest absolute Gasteiger partial charge is 0.315 e. The Kier molecular flexibility index (Phi) is 5.25. The van der Waals surface area contributed by atoms with Gasteiger partial charge < -0.3 is 16.0 Å². The number of amides is 3. The topological polar surface area (TPSA) is 83.1 Å². The van der Waals surface area contributed by atoms with Crippen molar-refractivity contribution in [2.75, 3.05) is 11.9 Å². The van der Waals surface area contributed by atoms with Gasteiger partial charge in [-0.3, -0.25) is 9.78 Å². The fraction of sp³-hybridized carbons (Fsp3) is 0.389. The summed E-state index contributed by atoms with van der Waals surface area (Å²) in [6, 6.07) is 9.34. The van der Waals surface area contributed by atoms with E-state index in [1.54, 1.807) is 12.3 Å². The quantitative estimate of drug-likeness (QED) is 0.808. The molecule has 0 atom stereocenters. The summed E-state index contributed by atoms with van der Waals surface area (Å²) >= 11 is 0. The maximum Gasteiger partial charge on any atom is 0.315 e. The van der Waals surface area contributed by atoms with Gasteiger partial charge in [-0.15, -0.1) is 0 Å². The van der Waals surface area contributed by atoms with Crippen LogP contribution in [-0.4, -0.2) is 29.5 Å². The van der Waals surface area contributed by atoms with Crippen LogP contribution >= 0.6 is 0 Å². The maximum atomic E-state index is 12.1. The van der Waals surface area contributed by atoms with E-state index in [1.807, 2.05) is 24.3 Å². The fourth-order valence-corrected chi connectivity index (χ4v) is 3.04. The molecule has 0 radical (unpaired) electrons. The molecule has 0 aliphatic heterocycles. The van der Waals surface area contributed by atoms with E-state index in [4.69, 9.17) is 0 Å². The van der Waals surface area contributed by atoms with Crippen molar-refractivity contribution in [3.63, 3.8) is 0 Å². The minimum Gasteiger partial charge on any atom is -0.335 e. The Hall–Kier alpha value is -2.63. The molecule has 3 rings (SSSR count).